The van der Waals surface area contributed by atoms with Gasteiger partial charge in [0.15, 0.2) is 0 Å². The number of likely N-dealkylation sites (tertiary alicyclic amines) is 1. The molecule has 0 aromatic carbocycles. The number of rotatable bonds is 2. The largest absolute Gasteiger partial charge is 0.381 e. The van der Waals surface area contributed by atoms with Crippen LogP contribution in [0.3, 0.4) is 0 Å². The summed E-state index contributed by atoms with van der Waals surface area (Å²) in [4.78, 5) is 20.4. The summed E-state index contributed by atoms with van der Waals surface area (Å²) >= 11 is 1.80. The number of hydrogen-bond acceptors (Lipinski definition) is 4. The zero-order chi connectivity index (χ0) is 14.9. The van der Waals surface area contributed by atoms with Crippen LogP contribution in [0.15, 0.2) is 6.20 Å². The number of piperidine rings is 1. The van der Waals surface area contributed by atoms with Gasteiger partial charge in [-0.3, -0.25) is 4.79 Å². The standard InChI is InChI=1S/C16H24N2O2S/c1-12-10-17-15(21-12)16(2)5-7-18(8-6-16)14(19)13-4-3-9-20-11-13/h10,13H,3-9,11H2,1-2H3/t13-/m1/s1. The number of carbonyl (C=O) groups is 1. The Balaban J connectivity index is 1.60. The second-order valence-corrected chi connectivity index (χ2v) is 7.81. The molecular formula is C16H24N2O2S. The molecular weight excluding hydrogens is 284 g/mol. The number of aryl methyl sites for hydroxylation is 1. The number of hydrogen-bond donors (Lipinski definition) is 0. The third-order valence-corrected chi connectivity index (χ3v) is 6.04. The molecule has 0 aliphatic carbocycles. The molecule has 0 saturated carbocycles. The quantitative estimate of drug-likeness (QED) is 0.843. The van der Waals surface area contributed by atoms with Gasteiger partial charge in [0.25, 0.3) is 0 Å². The van der Waals surface area contributed by atoms with E-state index in [2.05, 4.69) is 18.8 Å². The average Bonchev–Trinajstić information content (AvgIpc) is 2.96. The maximum absolute atomic E-state index is 12.5. The molecule has 2 aliphatic rings. The molecule has 2 aliphatic heterocycles. The van der Waals surface area contributed by atoms with Crippen LogP contribution in [0.4, 0.5) is 0 Å². The van der Waals surface area contributed by atoms with Gasteiger partial charge in [0.1, 0.15) is 0 Å². The number of aromatic nitrogens is 1. The fourth-order valence-electron chi connectivity index (χ4n) is 3.26. The van der Waals surface area contributed by atoms with Crippen molar-refractivity contribution < 1.29 is 9.53 Å². The van der Waals surface area contributed by atoms with Gasteiger partial charge < -0.3 is 9.64 Å². The van der Waals surface area contributed by atoms with Crippen LogP contribution in [-0.2, 0) is 14.9 Å². The van der Waals surface area contributed by atoms with E-state index in [0.717, 1.165) is 45.4 Å². The van der Waals surface area contributed by atoms with Crippen molar-refractivity contribution in [3.8, 4) is 0 Å². The van der Waals surface area contributed by atoms with Gasteiger partial charge in [-0.1, -0.05) is 6.92 Å². The zero-order valence-electron chi connectivity index (χ0n) is 12.9. The molecule has 5 heteroatoms. The fraction of sp³-hybridized carbons (Fsp3) is 0.750. The predicted octanol–water partition coefficient (Wildman–Crippen LogP) is 2.76. The second-order valence-electron chi connectivity index (χ2n) is 6.58. The lowest BCUT2D eigenvalue weighted by atomic mass is 9.80. The summed E-state index contributed by atoms with van der Waals surface area (Å²) in [5.74, 6) is 0.386. The van der Waals surface area contributed by atoms with E-state index in [4.69, 9.17) is 4.74 Å². The van der Waals surface area contributed by atoms with Crippen molar-refractivity contribution in [3.05, 3.63) is 16.1 Å². The maximum Gasteiger partial charge on any atom is 0.228 e. The minimum atomic E-state index is 0.0882. The third kappa shape index (κ3) is 3.14. The summed E-state index contributed by atoms with van der Waals surface area (Å²) in [5, 5.41) is 1.23. The molecule has 3 rings (SSSR count). The van der Waals surface area contributed by atoms with E-state index in [0.29, 0.717) is 12.5 Å². The Morgan fingerprint density at radius 3 is 2.81 bits per heavy atom. The minimum absolute atomic E-state index is 0.0882. The molecule has 1 amide bonds. The van der Waals surface area contributed by atoms with Gasteiger partial charge in [-0.15, -0.1) is 11.3 Å². The van der Waals surface area contributed by atoms with E-state index in [-0.39, 0.29) is 11.3 Å². The van der Waals surface area contributed by atoms with Crippen LogP contribution < -0.4 is 0 Å². The van der Waals surface area contributed by atoms with Crippen molar-refractivity contribution in [2.24, 2.45) is 5.92 Å². The van der Waals surface area contributed by atoms with Gasteiger partial charge in [0, 0.05) is 36.2 Å². The zero-order valence-corrected chi connectivity index (χ0v) is 13.7. The molecule has 1 aromatic heterocycles. The van der Waals surface area contributed by atoms with Gasteiger partial charge in [-0.05, 0) is 32.6 Å². The summed E-state index contributed by atoms with van der Waals surface area (Å²) < 4.78 is 5.45. The molecule has 2 fully saturated rings. The molecule has 0 bridgehead atoms. The summed E-state index contributed by atoms with van der Waals surface area (Å²) in [7, 11) is 0. The van der Waals surface area contributed by atoms with E-state index in [1.807, 2.05) is 11.1 Å². The Bertz CT molecular complexity index is 500. The summed E-state index contributed by atoms with van der Waals surface area (Å²) in [6.07, 6.45) is 5.99. The average molecular weight is 308 g/mol. The summed E-state index contributed by atoms with van der Waals surface area (Å²) in [6.45, 7) is 7.52. The molecule has 1 aromatic rings. The van der Waals surface area contributed by atoms with Crippen LogP contribution in [-0.4, -0.2) is 42.1 Å². The molecule has 4 nitrogen and oxygen atoms in total. The molecule has 0 radical (unpaired) electrons. The van der Waals surface area contributed by atoms with Crippen LogP contribution in [0.2, 0.25) is 0 Å². The summed E-state index contributed by atoms with van der Waals surface area (Å²) in [6, 6.07) is 0. The Labute approximate surface area is 130 Å². The molecule has 0 N–H and O–H groups in total. The smallest absolute Gasteiger partial charge is 0.228 e. The van der Waals surface area contributed by atoms with Crippen LogP contribution in [0.1, 0.15) is 42.5 Å². The van der Waals surface area contributed by atoms with Crippen molar-refractivity contribution in [1.82, 2.24) is 9.88 Å². The highest BCUT2D eigenvalue weighted by molar-refractivity contribution is 7.11. The minimum Gasteiger partial charge on any atom is -0.381 e. The van der Waals surface area contributed by atoms with Crippen molar-refractivity contribution in [2.45, 2.75) is 44.9 Å². The lowest BCUT2D eigenvalue weighted by molar-refractivity contribution is -0.141. The second kappa shape index (κ2) is 6.05. The van der Waals surface area contributed by atoms with E-state index in [1.54, 1.807) is 11.3 Å². The van der Waals surface area contributed by atoms with E-state index in [1.165, 1.54) is 9.88 Å². The SMILES string of the molecule is Cc1cnc(C2(C)CCN(C(=O)[C@@H]3CCCOC3)CC2)s1. The topological polar surface area (TPSA) is 42.4 Å². The van der Waals surface area contributed by atoms with E-state index < -0.39 is 0 Å². The van der Waals surface area contributed by atoms with Gasteiger partial charge in [-0.2, -0.15) is 0 Å². The Hall–Kier alpha value is -0.940. The highest BCUT2D eigenvalue weighted by atomic mass is 32.1. The maximum atomic E-state index is 12.5. The van der Waals surface area contributed by atoms with Gasteiger partial charge in [0.2, 0.25) is 5.91 Å². The van der Waals surface area contributed by atoms with Gasteiger partial charge in [0.05, 0.1) is 17.5 Å². The Morgan fingerprint density at radius 2 is 2.24 bits per heavy atom. The van der Waals surface area contributed by atoms with Crippen LogP contribution in [0.25, 0.3) is 0 Å². The fourth-order valence-corrected chi connectivity index (χ4v) is 4.23. The van der Waals surface area contributed by atoms with Crippen LogP contribution in [0, 0.1) is 12.8 Å². The lowest BCUT2D eigenvalue weighted by Crippen LogP contribution is -2.47. The molecule has 0 unspecified atom stereocenters. The number of ether oxygens (including phenoxy) is 1. The van der Waals surface area contributed by atoms with Gasteiger partial charge in [-0.25, -0.2) is 4.98 Å². The highest BCUT2D eigenvalue weighted by Gasteiger charge is 2.37. The monoisotopic (exact) mass is 308 g/mol. The van der Waals surface area contributed by atoms with Crippen molar-refractivity contribution in [3.63, 3.8) is 0 Å². The van der Waals surface area contributed by atoms with Crippen molar-refractivity contribution >= 4 is 17.2 Å². The van der Waals surface area contributed by atoms with Crippen molar-refractivity contribution in [2.75, 3.05) is 26.3 Å². The number of carbonyl (C=O) groups excluding carboxylic acids is 1. The van der Waals surface area contributed by atoms with E-state index >= 15 is 0 Å². The van der Waals surface area contributed by atoms with Gasteiger partial charge >= 0.3 is 0 Å². The highest BCUT2D eigenvalue weighted by Crippen LogP contribution is 2.37. The number of thiazole rings is 1. The van der Waals surface area contributed by atoms with E-state index in [9.17, 15) is 4.79 Å². The predicted molar refractivity (Wildman–Crippen MR) is 83.6 cm³/mol. The Morgan fingerprint density at radius 1 is 1.48 bits per heavy atom. The number of nitrogens with zero attached hydrogens (tertiary/aromatic N) is 2. The molecule has 1 atom stereocenters. The first kappa shape index (κ1) is 15.0. The first-order chi connectivity index (χ1) is 10.1. The summed E-state index contributed by atoms with van der Waals surface area (Å²) in [5.41, 5.74) is 0.138. The molecule has 21 heavy (non-hydrogen) atoms. The lowest BCUT2D eigenvalue weighted by Gasteiger charge is -2.39. The van der Waals surface area contributed by atoms with Crippen LogP contribution >= 0.6 is 11.3 Å². The van der Waals surface area contributed by atoms with Crippen LogP contribution in [0.5, 0.6) is 0 Å². The molecule has 116 valence electrons. The first-order valence-electron chi connectivity index (χ1n) is 7.88. The number of amides is 1. The Kier molecular flexibility index (Phi) is 4.31. The van der Waals surface area contributed by atoms with Crippen molar-refractivity contribution in [1.29, 1.82) is 0 Å². The molecule has 2 saturated heterocycles. The first-order valence-corrected chi connectivity index (χ1v) is 8.70. The molecule has 3 heterocycles. The normalized spacial score (nSPS) is 25.8. The molecule has 0 spiro atoms. The third-order valence-electron chi connectivity index (χ3n) is 4.83.